The van der Waals surface area contributed by atoms with Gasteiger partial charge in [0.15, 0.2) is 4.21 Å². The highest BCUT2D eigenvalue weighted by Gasteiger charge is 2.22. The zero-order valence-corrected chi connectivity index (χ0v) is 13.6. The number of hydrogen-bond donors (Lipinski definition) is 2. The lowest BCUT2D eigenvalue weighted by Crippen LogP contribution is -2.13. The van der Waals surface area contributed by atoms with Crippen LogP contribution in [0.2, 0.25) is 10.0 Å². The van der Waals surface area contributed by atoms with Gasteiger partial charge in [-0.05, 0) is 31.5 Å². The van der Waals surface area contributed by atoms with Gasteiger partial charge in [0, 0.05) is 10.7 Å². The molecule has 1 aromatic carbocycles. The number of hydrogen-bond acceptors (Lipinski definition) is 4. The quantitative estimate of drug-likeness (QED) is 0.890. The first-order chi connectivity index (χ1) is 9.20. The molecule has 2 rings (SSSR count). The van der Waals surface area contributed by atoms with Gasteiger partial charge in [0.2, 0.25) is 0 Å². The number of aryl methyl sites for hydroxylation is 2. The van der Waals surface area contributed by atoms with Gasteiger partial charge in [0.25, 0.3) is 10.0 Å². The fraction of sp³-hybridized carbons (Fsp3) is 0.182. The molecule has 0 spiro atoms. The molecule has 0 fully saturated rings. The number of halogens is 2. The second-order valence-corrected chi connectivity index (χ2v) is 7.79. The van der Waals surface area contributed by atoms with Crippen molar-refractivity contribution in [3.05, 3.63) is 43.1 Å². The summed E-state index contributed by atoms with van der Waals surface area (Å²) in [5.74, 6) is 0. The average Bonchev–Trinajstić information content (AvgIpc) is 2.66. The Labute approximate surface area is 129 Å². The van der Waals surface area contributed by atoms with E-state index >= 15 is 0 Å². The van der Waals surface area contributed by atoms with Crippen LogP contribution in [0.5, 0.6) is 0 Å². The van der Waals surface area contributed by atoms with Crippen LogP contribution in [0.15, 0.2) is 21.1 Å². The zero-order valence-electron chi connectivity index (χ0n) is 10.5. The van der Waals surface area contributed by atoms with Crippen LogP contribution in [0.3, 0.4) is 0 Å². The molecule has 0 aliphatic carbocycles. The number of H-pyrrole nitrogens is 1. The third kappa shape index (κ3) is 3.01. The van der Waals surface area contributed by atoms with Crippen LogP contribution < -0.4 is 9.60 Å². The Bertz CT molecular complexity index is 825. The molecule has 0 bridgehead atoms. The van der Waals surface area contributed by atoms with Crippen LogP contribution in [-0.2, 0) is 10.0 Å². The SMILES string of the molecule is Cc1cc(Cl)c(NS(=O)(=O)c2sc(=O)[nH]c2C)cc1Cl. The van der Waals surface area contributed by atoms with Crippen molar-refractivity contribution in [3.8, 4) is 0 Å². The number of anilines is 1. The second-order valence-electron chi connectivity index (χ2n) is 4.11. The maximum absolute atomic E-state index is 12.2. The monoisotopic (exact) mass is 352 g/mol. The molecule has 20 heavy (non-hydrogen) atoms. The molecule has 5 nitrogen and oxygen atoms in total. The third-order valence-corrected chi connectivity index (χ3v) is 6.21. The minimum atomic E-state index is -3.88. The smallest absolute Gasteiger partial charge is 0.306 e. The Hall–Kier alpha value is -1.02. The predicted octanol–water partition coefficient (Wildman–Crippen LogP) is 3.16. The van der Waals surface area contributed by atoms with Crippen molar-refractivity contribution < 1.29 is 8.42 Å². The molecule has 0 aliphatic rings. The van der Waals surface area contributed by atoms with E-state index in [1.165, 1.54) is 13.0 Å². The van der Waals surface area contributed by atoms with Crippen molar-refractivity contribution in [2.24, 2.45) is 0 Å². The van der Waals surface area contributed by atoms with E-state index in [2.05, 4.69) is 9.71 Å². The first kappa shape index (κ1) is 15.4. The number of aromatic amines is 1. The fourth-order valence-electron chi connectivity index (χ4n) is 1.56. The average molecular weight is 353 g/mol. The lowest BCUT2D eigenvalue weighted by Gasteiger charge is -2.10. The molecular formula is C11H10Cl2N2O3S2. The van der Waals surface area contributed by atoms with Gasteiger partial charge in [0.1, 0.15) is 0 Å². The van der Waals surface area contributed by atoms with E-state index < -0.39 is 14.9 Å². The van der Waals surface area contributed by atoms with Gasteiger partial charge in [-0.3, -0.25) is 9.52 Å². The number of sulfonamides is 1. The number of nitrogens with one attached hydrogen (secondary N) is 2. The molecule has 0 aliphatic heterocycles. The minimum absolute atomic E-state index is 0.0738. The summed E-state index contributed by atoms with van der Waals surface area (Å²) in [4.78, 5) is 13.2. The van der Waals surface area contributed by atoms with Crippen LogP contribution in [0.4, 0.5) is 5.69 Å². The van der Waals surface area contributed by atoms with Gasteiger partial charge in [0.05, 0.1) is 10.7 Å². The highest BCUT2D eigenvalue weighted by Crippen LogP contribution is 2.31. The van der Waals surface area contributed by atoms with Gasteiger partial charge in [-0.25, -0.2) is 8.42 Å². The Morgan fingerprint density at radius 1 is 1.20 bits per heavy atom. The topological polar surface area (TPSA) is 79.0 Å². The Balaban J connectivity index is 2.46. The van der Waals surface area contributed by atoms with Crippen molar-refractivity contribution in [1.29, 1.82) is 0 Å². The van der Waals surface area contributed by atoms with Gasteiger partial charge < -0.3 is 4.98 Å². The summed E-state index contributed by atoms with van der Waals surface area (Å²) in [7, 11) is -3.88. The van der Waals surface area contributed by atoms with Crippen LogP contribution in [0.25, 0.3) is 0 Å². The molecule has 9 heteroatoms. The lowest BCUT2D eigenvalue weighted by atomic mass is 10.2. The van der Waals surface area contributed by atoms with E-state index in [4.69, 9.17) is 23.2 Å². The minimum Gasteiger partial charge on any atom is -0.315 e. The Morgan fingerprint density at radius 3 is 2.40 bits per heavy atom. The summed E-state index contributed by atoms with van der Waals surface area (Å²) in [6.07, 6.45) is 0. The van der Waals surface area contributed by atoms with E-state index in [-0.39, 0.29) is 20.6 Å². The zero-order chi connectivity index (χ0) is 15.1. The molecule has 2 aromatic rings. The highest BCUT2D eigenvalue weighted by atomic mass is 35.5. The van der Waals surface area contributed by atoms with Crippen LogP contribution in [-0.4, -0.2) is 13.4 Å². The second kappa shape index (κ2) is 5.40. The highest BCUT2D eigenvalue weighted by molar-refractivity contribution is 7.94. The lowest BCUT2D eigenvalue weighted by molar-refractivity contribution is 0.602. The van der Waals surface area contributed by atoms with Crippen molar-refractivity contribution in [3.63, 3.8) is 0 Å². The molecule has 0 atom stereocenters. The maximum atomic E-state index is 12.2. The number of rotatable bonds is 3. The number of benzene rings is 1. The van der Waals surface area contributed by atoms with E-state index in [1.54, 1.807) is 13.0 Å². The third-order valence-electron chi connectivity index (χ3n) is 2.52. The van der Waals surface area contributed by atoms with Gasteiger partial charge in [-0.15, -0.1) is 0 Å². The molecule has 1 aromatic heterocycles. The van der Waals surface area contributed by atoms with Gasteiger partial charge in [-0.1, -0.05) is 34.5 Å². The van der Waals surface area contributed by atoms with Crippen LogP contribution >= 0.6 is 34.5 Å². The number of thiazole rings is 1. The fourth-order valence-corrected chi connectivity index (χ4v) is 4.42. The molecule has 1 heterocycles. The van der Waals surface area contributed by atoms with Gasteiger partial charge >= 0.3 is 4.87 Å². The van der Waals surface area contributed by atoms with Gasteiger partial charge in [-0.2, -0.15) is 0 Å². The van der Waals surface area contributed by atoms with Crippen molar-refractivity contribution in [2.45, 2.75) is 18.1 Å². The standard InChI is InChI=1S/C11H10Cl2N2O3S2/c1-5-3-8(13)9(4-7(5)12)15-20(17,18)10-6(2)14-11(16)19-10/h3-4,15H,1-2H3,(H,14,16). The van der Waals surface area contributed by atoms with E-state index in [0.29, 0.717) is 16.4 Å². The molecule has 0 saturated heterocycles. The van der Waals surface area contributed by atoms with Crippen LogP contribution in [0.1, 0.15) is 11.3 Å². The summed E-state index contributed by atoms with van der Waals surface area (Å²) in [6.45, 7) is 3.27. The largest absolute Gasteiger partial charge is 0.315 e. The Morgan fingerprint density at radius 2 is 1.85 bits per heavy atom. The summed E-state index contributed by atoms with van der Waals surface area (Å²) in [5.41, 5.74) is 1.19. The van der Waals surface area contributed by atoms with E-state index in [1.807, 2.05) is 0 Å². The number of aromatic nitrogens is 1. The summed E-state index contributed by atoms with van der Waals surface area (Å²) >= 11 is 12.6. The predicted molar refractivity (Wildman–Crippen MR) is 81.7 cm³/mol. The molecule has 0 saturated carbocycles. The Kier molecular flexibility index (Phi) is 4.15. The van der Waals surface area contributed by atoms with E-state index in [9.17, 15) is 13.2 Å². The molecule has 108 valence electrons. The normalized spacial score (nSPS) is 11.6. The summed E-state index contributed by atoms with van der Waals surface area (Å²) in [5, 5.41) is 0.627. The van der Waals surface area contributed by atoms with Crippen molar-refractivity contribution in [1.82, 2.24) is 4.98 Å². The molecule has 0 unspecified atom stereocenters. The maximum Gasteiger partial charge on any atom is 0.306 e. The molecule has 0 amide bonds. The molecule has 0 radical (unpaired) electrons. The first-order valence-corrected chi connectivity index (χ1v) is 8.44. The molecule has 2 N–H and O–H groups in total. The van der Waals surface area contributed by atoms with Crippen LogP contribution in [0, 0.1) is 13.8 Å². The first-order valence-electron chi connectivity index (χ1n) is 5.39. The summed E-state index contributed by atoms with van der Waals surface area (Å²) < 4.78 is 26.7. The molecular weight excluding hydrogens is 343 g/mol. The van der Waals surface area contributed by atoms with Crippen molar-refractivity contribution >= 4 is 50.2 Å². The summed E-state index contributed by atoms with van der Waals surface area (Å²) in [6, 6.07) is 3.00. The van der Waals surface area contributed by atoms with E-state index in [0.717, 1.165) is 5.56 Å². The van der Waals surface area contributed by atoms with Crippen molar-refractivity contribution in [2.75, 3.05) is 4.72 Å².